The SMILES string of the molecule is NC(=O)c1csc(C(=O)N2CCC(N3CCCCC3)CC2)c1. The molecular weight excluding hydrogens is 298 g/mol. The molecule has 22 heavy (non-hydrogen) atoms. The van der Waals surface area contributed by atoms with Crippen molar-refractivity contribution < 1.29 is 9.59 Å². The van der Waals surface area contributed by atoms with Crippen molar-refractivity contribution in [3.8, 4) is 0 Å². The standard InChI is InChI=1S/C16H23N3O2S/c17-15(20)12-10-14(22-11-12)16(21)19-8-4-13(5-9-19)18-6-2-1-3-7-18/h10-11,13H,1-9H2,(H2,17,20). The fraction of sp³-hybridized carbons (Fsp3) is 0.625. The van der Waals surface area contributed by atoms with Gasteiger partial charge in [0.05, 0.1) is 10.4 Å². The Morgan fingerprint density at radius 2 is 1.77 bits per heavy atom. The van der Waals surface area contributed by atoms with Crippen molar-refractivity contribution in [2.24, 2.45) is 5.73 Å². The van der Waals surface area contributed by atoms with Crippen LogP contribution in [0.2, 0.25) is 0 Å². The fourth-order valence-electron chi connectivity index (χ4n) is 3.45. The lowest BCUT2D eigenvalue weighted by Crippen LogP contribution is -2.48. The number of primary amides is 1. The highest BCUT2D eigenvalue weighted by Crippen LogP contribution is 2.23. The van der Waals surface area contributed by atoms with E-state index in [4.69, 9.17) is 5.73 Å². The maximum Gasteiger partial charge on any atom is 0.263 e. The number of rotatable bonds is 3. The number of carbonyl (C=O) groups is 2. The first-order valence-electron chi connectivity index (χ1n) is 8.07. The van der Waals surface area contributed by atoms with Crippen molar-refractivity contribution in [3.05, 3.63) is 21.9 Å². The topological polar surface area (TPSA) is 66.6 Å². The van der Waals surface area contributed by atoms with Crippen LogP contribution < -0.4 is 5.73 Å². The molecular formula is C16H23N3O2S. The Kier molecular flexibility index (Phi) is 4.78. The minimum absolute atomic E-state index is 0.0367. The summed E-state index contributed by atoms with van der Waals surface area (Å²) in [7, 11) is 0. The highest BCUT2D eigenvalue weighted by Gasteiger charge is 2.28. The Hall–Kier alpha value is -1.40. The molecule has 3 rings (SSSR count). The second kappa shape index (κ2) is 6.79. The molecule has 2 saturated heterocycles. The number of hydrogen-bond acceptors (Lipinski definition) is 4. The molecule has 0 aliphatic carbocycles. The van der Waals surface area contributed by atoms with Gasteiger partial charge in [0, 0.05) is 24.5 Å². The van der Waals surface area contributed by atoms with Crippen LogP contribution in [0.5, 0.6) is 0 Å². The van der Waals surface area contributed by atoms with Gasteiger partial charge in [-0.15, -0.1) is 11.3 Å². The summed E-state index contributed by atoms with van der Waals surface area (Å²) < 4.78 is 0. The lowest BCUT2D eigenvalue weighted by Gasteiger charge is -2.40. The van der Waals surface area contributed by atoms with Gasteiger partial charge >= 0.3 is 0 Å². The van der Waals surface area contributed by atoms with E-state index in [1.165, 1.54) is 43.7 Å². The van der Waals surface area contributed by atoms with E-state index in [0.29, 0.717) is 16.5 Å². The van der Waals surface area contributed by atoms with Gasteiger partial charge in [0.25, 0.3) is 5.91 Å². The molecule has 1 aromatic heterocycles. The number of amides is 2. The minimum atomic E-state index is -0.473. The van der Waals surface area contributed by atoms with E-state index >= 15 is 0 Å². The first-order valence-corrected chi connectivity index (χ1v) is 8.95. The molecule has 2 amide bonds. The Balaban J connectivity index is 1.55. The Morgan fingerprint density at radius 3 is 2.36 bits per heavy atom. The van der Waals surface area contributed by atoms with E-state index < -0.39 is 5.91 Å². The van der Waals surface area contributed by atoms with Crippen molar-refractivity contribution in [1.82, 2.24) is 9.80 Å². The predicted octanol–water partition coefficient (Wildman–Crippen LogP) is 1.94. The number of hydrogen-bond donors (Lipinski definition) is 1. The van der Waals surface area contributed by atoms with Crippen LogP contribution >= 0.6 is 11.3 Å². The fourth-order valence-corrected chi connectivity index (χ4v) is 4.31. The van der Waals surface area contributed by atoms with Crippen LogP contribution in [0, 0.1) is 0 Å². The molecule has 0 saturated carbocycles. The van der Waals surface area contributed by atoms with Crippen LogP contribution in [0.3, 0.4) is 0 Å². The molecule has 0 bridgehead atoms. The van der Waals surface area contributed by atoms with Crippen LogP contribution in [0.15, 0.2) is 11.4 Å². The van der Waals surface area contributed by atoms with Gasteiger partial charge in [-0.25, -0.2) is 0 Å². The molecule has 3 heterocycles. The number of nitrogens with zero attached hydrogens (tertiary/aromatic N) is 2. The molecule has 1 aromatic rings. The van der Waals surface area contributed by atoms with Gasteiger partial charge in [-0.1, -0.05) is 6.42 Å². The quantitative estimate of drug-likeness (QED) is 0.925. The van der Waals surface area contributed by atoms with E-state index in [1.807, 2.05) is 4.90 Å². The molecule has 0 aromatic carbocycles. The van der Waals surface area contributed by atoms with Crippen LogP contribution in [-0.4, -0.2) is 53.8 Å². The van der Waals surface area contributed by atoms with Crippen LogP contribution in [-0.2, 0) is 0 Å². The number of likely N-dealkylation sites (tertiary alicyclic amines) is 2. The largest absolute Gasteiger partial charge is 0.366 e. The second-order valence-electron chi connectivity index (χ2n) is 6.18. The zero-order chi connectivity index (χ0) is 15.5. The van der Waals surface area contributed by atoms with E-state index in [9.17, 15) is 9.59 Å². The summed E-state index contributed by atoms with van der Waals surface area (Å²) in [6.07, 6.45) is 6.09. The predicted molar refractivity (Wildman–Crippen MR) is 87.2 cm³/mol. The highest BCUT2D eigenvalue weighted by atomic mass is 32.1. The van der Waals surface area contributed by atoms with Crippen molar-refractivity contribution in [1.29, 1.82) is 0 Å². The Bertz CT molecular complexity index is 543. The zero-order valence-corrected chi connectivity index (χ0v) is 13.6. The van der Waals surface area contributed by atoms with Gasteiger partial charge in [-0.05, 0) is 44.8 Å². The smallest absolute Gasteiger partial charge is 0.263 e. The maximum atomic E-state index is 12.5. The number of thiophene rings is 1. The van der Waals surface area contributed by atoms with E-state index in [1.54, 1.807) is 11.4 Å². The van der Waals surface area contributed by atoms with Crippen LogP contribution in [0.25, 0.3) is 0 Å². The molecule has 5 nitrogen and oxygen atoms in total. The number of piperidine rings is 2. The summed E-state index contributed by atoms with van der Waals surface area (Å²) in [5, 5.41) is 1.66. The average molecular weight is 321 g/mol. The summed E-state index contributed by atoms with van der Waals surface area (Å²) in [6.45, 7) is 4.05. The van der Waals surface area contributed by atoms with Crippen molar-refractivity contribution in [3.63, 3.8) is 0 Å². The van der Waals surface area contributed by atoms with Gasteiger partial charge in [-0.2, -0.15) is 0 Å². The molecule has 2 aliphatic heterocycles. The molecule has 0 unspecified atom stereocenters. The average Bonchev–Trinajstić information content (AvgIpc) is 3.05. The van der Waals surface area contributed by atoms with Gasteiger partial charge < -0.3 is 15.5 Å². The van der Waals surface area contributed by atoms with Gasteiger partial charge in [0.2, 0.25) is 5.91 Å². The van der Waals surface area contributed by atoms with Crippen LogP contribution in [0.1, 0.15) is 52.1 Å². The second-order valence-corrected chi connectivity index (χ2v) is 7.10. The monoisotopic (exact) mass is 321 g/mol. The molecule has 0 radical (unpaired) electrons. The molecule has 0 spiro atoms. The van der Waals surface area contributed by atoms with Crippen molar-refractivity contribution >= 4 is 23.2 Å². The lowest BCUT2D eigenvalue weighted by molar-refractivity contribution is 0.0594. The molecule has 6 heteroatoms. The van der Waals surface area contributed by atoms with E-state index in [0.717, 1.165) is 25.9 Å². The molecule has 120 valence electrons. The van der Waals surface area contributed by atoms with Gasteiger partial charge in [-0.3, -0.25) is 9.59 Å². The third kappa shape index (κ3) is 3.33. The highest BCUT2D eigenvalue weighted by molar-refractivity contribution is 7.12. The Morgan fingerprint density at radius 1 is 1.09 bits per heavy atom. The normalized spacial score (nSPS) is 21.0. The maximum absolute atomic E-state index is 12.5. The summed E-state index contributed by atoms with van der Waals surface area (Å²) in [6, 6.07) is 2.25. The van der Waals surface area contributed by atoms with E-state index in [2.05, 4.69) is 4.90 Å². The molecule has 2 aliphatic rings. The lowest BCUT2D eigenvalue weighted by atomic mass is 10.00. The van der Waals surface area contributed by atoms with Gasteiger partial charge in [0.15, 0.2) is 0 Å². The van der Waals surface area contributed by atoms with Crippen molar-refractivity contribution in [2.45, 2.75) is 38.1 Å². The third-order valence-electron chi connectivity index (χ3n) is 4.75. The first-order chi connectivity index (χ1) is 10.6. The molecule has 2 N–H and O–H groups in total. The first kappa shape index (κ1) is 15.5. The molecule has 0 atom stereocenters. The molecule has 2 fully saturated rings. The third-order valence-corrected chi connectivity index (χ3v) is 5.67. The Labute approximate surface area is 135 Å². The number of nitrogens with two attached hydrogens (primary N) is 1. The number of carbonyl (C=O) groups excluding carboxylic acids is 2. The summed E-state index contributed by atoms with van der Waals surface area (Å²) in [5.74, 6) is -0.436. The summed E-state index contributed by atoms with van der Waals surface area (Å²) >= 11 is 1.31. The summed E-state index contributed by atoms with van der Waals surface area (Å²) in [4.78, 5) is 28.7. The van der Waals surface area contributed by atoms with Gasteiger partial charge in [0.1, 0.15) is 0 Å². The minimum Gasteiger partial charge on any atom is -0.366 e. The van der Waals surface area contributed by atoms with Crippen molar-refractivity contribution in [2.75, 3.05) is 26.2 Å². The van der Waals surface area contributed by atoms with Crippen LogP contribution in [0.4, 0.5) is 0 Å². The van der Waals surface area contributed by atoms with E-state index in [-0.39, 0.29) is 5.91 Å². The summed E-state index contributed by atoms with van der Waals surface area (Å²) in [5.41, 5.74) is 5.67. The zero-order valence-electron chi connectivity index (χ0n) is 12.8.